The van der Waals surface area contributed by atoms with Gasteiger partial charge in [-0.15, -0.1) is 0 Å². The van der Waals surface area contributed by atoms with Gasteiger partial charge in [0.05, 0.1) is 30.2 Å². The molecular formula is C23H33N7O2. The lowest BCUT2D eigenvalue weighted by molar-refractivity contribution is -0.123. The van der Waals surface area contributed by atoms with Gasteiger partial charge in [-0.3, -0.25) is 24.7 Å². The van der Waals surface area contributed by atoms with Crippen molar-refractivity contribution >= 4 is 28.8 Å². The van der Waals surface area contributed by atoms with E-state index in [1.54, 1.807) is 6.34 Å². The van der Waals surface area contributed by atoms with Crippen LogP contribution in [0.5, 0.6) is 5.75 Å². The molecule has 1 aromatic heterocycles. The predicted molar refractivity (Wildman–Crippen MR) is 127 cm³/mol. The largest absolute Gasteiger partial charge is 0.491 e. The van der Waals surface area contributed by atoms with Crippen molar-refractivity contribution in [3.05, 3.63) is 30.0 Å². The van der Waals surface area contributed by atoms with Crippen LogP contribution in [0, 0.1) is 0 Å². The minimum Gasteiger partial charge on any atom is -0.491 e. The second-order valence-electron chi connectivity index (χ2n) is 8.90. The lowest BCUT2D eigenvalue weighted by atomic mass is 10.1. The Balaban J connectivity index is 1.43. The zero-order chi connectivity index (χ0) is 22.7. The Morgan fingerprint density at radius 2 is 2.00 bits per heavy atom. The topological polar surface area (TPSA) is 97.9 Å². The molecule has 32 heavy (non-hydrogen) atoms. The maximum absolute atomic E-state index is 12.0. The standard InChI is InChI=1S/C23H33N7O2/c1-15(2)26-22(31)13-29-7-9-30(10-8-29)21-12-20(24-14-25-21)23-18-11-17(32-16(3)4)5-6-19(18)27-28-23/h5-6,11-12,14-16,21H,7-10,13H2,1-4H3,(H,24,25)(H,26,31)(H,27,28). The molecule has 3 heterocycles. The summed E-state index contributed by atoms with van der Waals surface area (Å²) in [7, 11) is 0. The van der Waals surface area contributed by atoms with Gasteiger partial charge >= 0.3 is 0 Å². The number of aromatic nitrogens is 2. The van der Waals surface area contributed by atoms with E-state index in [4.69, 9.17) is 4.74 Å². The average Bonchev–Trinajstić information content (AvgIpc) is 3.16. The molecule has 9 heteroatoms. The molecule has 9 nitrogen and oxygen atoms in total. The van der Waals surface area contributed by atoms with Crippen LogP contribution in [0.25, 0.3) is 16.6 Å². The number of fused-ring (bicyclic) bond motifs is 1. The highest BCUT2D eigenvalue weighted by molar-refractivity contribution is 5.93. The molecule has 2 aliphatic rings. The molecule has 1 fully saturated rings. The van der Waals surface area contributed by atoms with Crippen molar-refractivity contribution in [2.75, 3.05) is 32.7 Å². The monoisotopic (exact) mass is 439 g/mol. The number of H-pyrrole nitrogens is 1. The Bertz CT molecular complexity index is 1000. The fraction of sp³-hybridized carbons (Fsp3) is 0.522. The molecule has 1 amide bonds. The van der Waals surface area contributed by atoms with E-state index in [1.807, 2.05) is 45.9 Å². The Hall–Kier alpha value is -2.91. The van der Waals surface area contributed by atoms with Gasteiger partial charge in [-0.25, -0.2) is 0 Å². The normalized spacial score (nSPS) is 19.9. The van der Waals surface area contributed by atoms with E-state index < -0.39 is 0 Å². The van der Waals surface area contributed by atoms with E-state index in [0.29, 0.717) is 6.54 Å². The molecule has 1 aromatic carbocycles. The molecular weight excluding hydrogens is 406 g/mol. The molecule has 1 saturated heterocycles. The van der Waals surface area contributed by atoms with Gasteiger partial charge < -0.3 is 15.4 Å². The van der Waals surface area contributed by atoms with Crippen LogP contribution in [0.3, 0.4) is 0 Å². The number of nitrogens with zero attached hydrogens (tertiary/aromatic N) is 4. The Morgan fingerprint density at radius 3 is 2.72 bits per heavy atom. The number of aliphatic imine (C=N–C) groups is 1. The van der Waals surface area contributed by atoms with E-state index in [9.17, 15) is 4.79 Å². The maximum Gasteiger partial charge on any atom is 0.234 e. The smallest absolute Gasteiger partial charge is 0.234 e. The van der Waals surface area contributed by atoms with Crippen molar-refractivity contribution in [3.63, 3.8) is 0 Å². The zero-order valence-corrected chi connectivity index (χ0v) is 19.3. The van der Waals surface area contributed by atoms with Gasteiger partial charge in [0, 0.05) is 37.6 Å². The summed E-state index contributed by atoms with van der Waals surface area (Å²) < 4.78 is 5.86. The Kier molecular flexibility index (Phi) is 6.76. The van der Waals surface area contributed by atoms with Gasteiger partial charge in [-0.05, 0) is 52.0 Å². The number of hydrogen-bond donors (Lipinski definition) is 3. The first-order valence-corrected chi connectivity index (χ1v) is 11.3. The van der Waals surface area contributed by atoms with Crippen molar-refractivity contribution in [2.45, 2.75) is 46.0 Å². The molecule has 0 spiro atoms. The number of benzene rings is 1. The van der Waals surface area contributed by atoms with Gasteiger partial charge in [0.1, 0.15) is 17.6 Å². The number of ether oxygens (including phenoxy) is 1. The SMILES string of the molecule is CC(C)NC(=O)CN1CCN(C2C=C(c3n[nH]c4ccc(OC(C)C)cc34)NC=N2)CC1. The number of aromatic amines is 1. The molecule has 1 unspecified atom stereocenters. The summed E-state index contributed by atoms with van der Waals surface area (Å²) in [6.45, 7) is 11.8. The zero-order valence-electron chi connectivity index (χ0n) is 19.3. The second-order valence-corrected chi connectivity index (χ2v) is 8.90. The van der Waals surface area contributed by atoms with Crippen LogP contribution < -0.4 is 15.4 Å². The molecule has 2 aliphatic heterocycles. The third-order valence-electron chi connectivity index (χ3n) is 5.52. The molecule has 0 saturated carbocycles. The highest BCUT2D eigenvalue weighted by Crippen LogP contribution is 2.27. The fourth-order valence-corrected chi connectivity index (χ4v) is 4.07. The first kappa shape index (κ1) is 22.3. The van der Waals surface area contributed by atoms with Crippen LogP contribution in [-0.4, -0.2) is 83.3 Å². The van der Waals surface area contributed by atoms with Crippen LogP contribution in [0.15, 0.2) is 29.3 Å². The number of carbonyl (C=O) groups excluding carboxylic acids is 1. The summed E-state index contributed by atoms with van der Waals surface area (Å²) in [5.41, 5.74) is 2.75. The molecule has 3 N–H and O–H groups in total. The van der Waals surface area contributed by atoms with Crippen molar-refractivity contribution < 1.29 is 9.53 Å². The van der Waals surface area contributed by atoms with E-state index in [0.717, 1.165) is 54.2 Å². The molecule has 1 atom stereocenters. The van der Waals surface area contributed by atoms with Crippen LogP contribution in [-0.2, 0) is 4.79 Å². The highest BCUT2D eigenvalue weighted by Gasteiger charge is 2.25. The average molecular weight is 440 g/mol. The number of rotatable bonds is 7. The Morgan fingerprint density at radius 1 is 1.22 bits per heavy atom. The van der Waals surface area contributed by atoms with Crippen LogP contribution >= 0.6 is 0 Å². The van der Waals surface area contributed by atoms with Crippen LogP contribution in [0.4, 0.5) is 0 Å². The van der Waals surface area contributed by atoms with Crippen molar-refractivity contribution in [1.29, 1.82) is 0 Å². The van der Waals surface area contributed by atoms with Crippen LogP contribution in [0.1, 0.15) is 33.4 Å². The Labute approximate surface area is 188 Å². The van der Waals surface area contributed by atoms with Crippen molar-refractivity contribution in [3.8, 4) is 5.75 Å². The summed E-state index contributed by atoms with van der Waals surface area (Å²) in [5, 5.41) is 14.9. The van der Waals surface area contributed by atoms with Gasteiger partial charge in [0.2, 0.25) is 5.91 Å². The van der Waals surface area contributed by atoms with Gasteiger partial charge in [-0.2, -0.15) is 5.10 Å². The first-order valence-electron chi connectivity index (χ1n) is 11.3. The number of amides is 1. The molecule has 0 bridgehead atoms. The van der Waals surface area contributed by atoms with E-state index in [2.05, 4.69) is 41.7 Å². The summed E-state index contributed by atoms with van der Waals surface area (Å²) in [4.78, 5) is 21.2. The molecule has 2 aromatic rings. The van der Waals surface area contributed by atoms with Crippen molar-refractivity contribution in [2.24, 2.45) is 4.99 Å². The lowest BCUT2D eigenvalue weighted by Gasteiger charge is -2.37. The third-order valence-corrected chi connectivity index (χ3v) is 5.52. The quantitative estimate of drug-likeness (QED) is 0.609. The number of carbonyl (C=O) groups is 1. The second kappa shape index (κ2) is 9.70. The van der Waals surface area contributed by atoms with E-state index in [-0.39, 0.29) is 24.2 Å². The van der Waals surface area contributed by atoms with Gasteiger partial charge in [-0.1, -0.05) is 0 Å². The number of piperazine rings is 1. The number of nitrogens with one attached hydrogen (secondary N) is 3. The minimum atomic E-state index is -0.0558. The predicted octanol–water partition coefficient (Wildman–Crippen LogP) is 1.79. The van der Waals surface area contributed by atoms with E-state index in [1.165, 1.54) is 0 Å². The van der Waals surface area contributed by atoms with Gasteiger partial charge in [0.25, 0.3) is 0 Å². The summed E-state index contributed by atoms with van der Waals surface area (Å²) in [5.74, 6) is 0.913. The van der Waals surface area contributed by atoms with E-state index >= 15 is 0 Å². The van der Waals surface area contributed by atoms with Gasteiger partial charge in [0.15, 0.2) is 0 Å². The molecule has 4 rings (SSSR count). The fourth-order valence-electron chi connectivity index (χ4n) is 4.07. The number of hydrogen-bond acceptors (Lipinski definition) is 7. The summed E-state index contributed by atoms with van der Waals surface area (Å²) in [6.07, 6.45) is 3.92. The third kappa shape index (κ3) is 5.28. The maximum atomic E-state index is 12.0. The molecule has 172 valence electrons. The minimum absolute atomic E-state index is 0.0558. The summed E-state index contributed by atoms with van der Waals surface area (Å²) >= 11 is 0. The lowest BCUT2D eigenvalue weighted by Crippen LogP contribution is -2.52. The van der Waals surface area contributed by atoms with Crippen LogP contribution in [0.2, 0.25) is 0 Å². The molecule has 0 aliphatic carbocycles. The molecule has 0 radical (unpaired) electrons. The summed E-state index contributed by atoms with van der Waals surface area (Å²) in [6, 6.07) is 6.14. The highest BCUT2D eigenvalue weighted by atomic mass is 16.5. The van der Waals surface area contributed by atoms with Crippen molar-refractivity contribution in [1.82, 2.24) is 30.6 Å². The first-order chi connectivity index (χ1) is 15.4.